The van der Waals surface area contributed by atoms with E-state index in [4.69, 9.17) is 0 Å². The molecule has 0 saturated carbocycles. The Kier molecular flexibility index (Phi) is 17.3. The normalized spacial score (nSPS) is 9.39. The molecule has 0 N–H and O–H groups in total. The molecule has 0 radical (unpaired) electrons. The molecule has 0 aliphatic rings. The highest BCUT2D eigenvalue weighted by Crippen LogP contribution is 2.51. The molecular weight excluding hydrogens is 768 g/mol. The minimum atomic E-state index is 1.01. The van der Waals surface area contributed by atoms with Crippen LogP contribution >= 0.6 is 86.4 Å². The summed E-state index contributed by atoms with van der Waals surface area (Å²) in [4.78, 5) is 2.40. The first-order valence-corrected chi connectivity index (χ1v) is 17.4. The third-order valence-corrected chi connectivity index (χ3v) is 11.8. The van der Waals surface area contributed by atoms with Crippen molar-refractivity contribution in [1.29, 1.82) is 0 Å². The molecule has 0 unspecified atom stereocenters. The van der Waals surface area contributed by atoms with Crippen molar-refractivity contribution in [2.24, 2.45) is 0 Å². The molecule has 0 spiro atoms. The van der Waals surface area contributed by atoms with E-state index in [1.807, 2.05) is 6.08 Å². The summed E-state index contributed by atoms with van der Waals surface area (Å²) >= 11 is 18.7. The molecule has 0 aromatic carbocycles. The predicted molar refractivity (Wildman–Crippen MR) is 179 cm³/mol. The summed E-state index contributed by atoms with van der Waals surface area (Å²) in [5, 5.41) is 0. The molecule has 0 amide bonds. The van der Waals surface area contributed by atoms with Crippen LogP contribution < -0.4 is 0 Å². The highest BCUT2D eigenvalue weighted by atomic mass is 79.9. The van der Waals surface area contributed by atoms with Gasteiger partial charge in [-0.05, 0) is 141 Å². The van der Waals surface area contributed by atoms with Crippen molar-refractivity contribution in [1.82, 2.24) is 0 Å². The van der Waals surface area contributed by atoms with Crippen molar-refractivity contribution < 1.29 is 0 Å². The third-order valence-electron chi connectivity index (χ3n) is 5.53. The third kappa shape index (κ3) is 11.5. The van der Waals surface area contributed by atoms with Gasteiger partial charge in [-0.25, -0.2) is 0 Å². The zero-order valence-corrected chi connectivity index (χ0v) is 29.4. The van der Waals surface area contributed by atoms with E-state index in [1.165, 1.54) is 87.8 Å². The van der Waals surface area contributed by atoms with Crippen LogP contribution in [0, 0.1) is 0 Å². The highest BCUT2D eigenvalue weighted by Gasteiger charge is 2.22. The maximum atomic E-state index is 3.90. The van der Waals surface area contributed by atoms with Crippen LogP contribution in [0.4, 0.5) is 0 Å². The quantitative estimate of drug-likeness (QED) is 0.140. The van der Waals surface area contributed by atoms with Crippen molar-refractivity contribution in [2.75, 3.05) is 0 Å². The van der Waals surface area contributed by atoms with Crippen LogP contribution in [-0.2, 0) is 6.42 Å². The number of unbranched alkanes of at least 4 members (excludes halogenated alkanes) is 9. The number of hydrogen-bond donors (Lipinski definition) is 0. The number of hydrogen-bond acceptors (Lipinski definition) is 2. The lowest BCUT2D eigenvalue weighted by Gasteiger charge is -2.04. The van der Waals surface area contributed by atoms with Gasteiger partial charge >= 0.3 is 0 Å². The van der Waals surface area contributed by atoms with E-state index in [0.29, 0.717) is 0 Å². The molecule has 0 atom stereocenters. The summed E-state index contributed by atoms with van der Waals surface area (Å²) in [6, 6.07) is 0. The van der Waals surface area contributed by atoms with Gasteiger partial charge in [0.05, 0.1) is 17.3 Å². The Labute approximate surface area is 268 Å². The molecular formula is C32H28Br4S2. The zero-order valence-electron chi connectivity index (χ0n) is 21.4. The Morgan fingerprint density at radius 1 is 0.632 bits per heavy atom. The second-order valence-corrected chi connectivity index (χ2v) is 14.6. The number of halogens is 4. The minimum absolute atomic E-state index is 1.01. The van der Waals surface area contributed by atoms with Gasteiger partial charge in [0.2, 0.25) is 0 Å². The lowest BCUT2D eigenvalue weighted by Crippen LogP contribution is -1.87. The Bertz CT molecular complexity index is 1470. The second kappa shape index (κ2) is 19.8. The molecule has 38 heavy (non-hydrogen) atoms. The summed E-state index contributed by atoms with van der Waals surface area (Å²) in [6.07, 6.45) is 16.4. The first kappa shape index (κ1) is 33.1. The minimum Gasteiger partial charge on any atom is -0.126 e. The molecule has 0 bridgehead atoms. The van der Waals surface area contributed by atoms with Gasteiger partial charge in [-0.3, -0.25) is 0 Å². The van der Waals surface area contributed by atoms with Gasteiger partial charge < -0.3 is 0 Å². The average Bonchev–Trinajstić information content (AvgIpc) is 3.34. The molecule has 2 aromatic rings. The fourth-order valence-electron chi connectivity index (χ4n) is 3.60. The van der Waals surface area contributed by atoms with E-state index in [2.05, 4.69) is 135 Å². The van der Waals surface area contributed by atoms with Crippen molar-refractivity contribution >= 4 is 92.5 Å². The SMILES string of the molecule is C=C=C=C=C=C=C=C=C=C=C=Cc1c(Br)sc(-c2sc(Br)c(CCCCCCCCCCCC)c2Br)c1Br. The Morgan fingerprint density at radius 2 is 1.13 bits per heavy atom. The van der Waals surface area contributed by atoms with Gasteiger partial charge in [0, 0.05) is 14.5 Å². The molecule has 196 valence electrons. The average molecular weight is 796 g/mol. The fraction of sp³-hybridized carbons (Fsp3) is 0.375. The molecule has 0 saturated heterocycles. The fourth-order valence-corrected chi connectivity index (χ4v) is 9.94. The van der Waals surface area contributed by atoms with Crippen LogP contribution in [0.3, 0.4) is 0 Å². The van der Waals surface area contributed by atoms with Crippen LogP contribution in [0.1, 0.15) is 82.3 Å². The molecule has 0 nitrogen and oxygen atoms in total. The molecule has 2 aromatic heterocycles. The van der Waals surface area contributed by atoms with E-state index in [1.54, 1.807) is 22.7 Å². The van der Waals surface area contributed by atoms with Crippen LogP contribution in [0.5, 0.6) is 0 Å². The Balaban J connectivity index is 2.08. The molecule has 2 rings (SSSR count). The van der Waals surface area contributed by atoms with Crippen molar-refractivity contribution in [2.45, 2.75) is 77.6 Å². The largest absolute Gasteiger partial charge is 0.126 e. The van der Waals surface area contributed by atoms with Crippen LogP contribution in [0.2, 0.25) is 0 Å². The van der Waals surface area contributed by atoms with Crippen molar-refractivity contribution in [3.63, 3.8) is 0 Å². The highest BCUT2D eigenvalue weighted by molar-refractivity contribution is 9.12. The van der Waals surface area contributed by atoms with E-state index >= 15 is 0 Å². The zero-order chi connectivity index (χ0) is 27.6. The summed E-state index contributed by atoms with van der Waals surface area (Å²) in [6.45, 7) is 5.65. The molecule has 0 aliphatic carbocycles. The molecule has 0 aliphatic heterocycles. The smallest absolute Gasteiger partial charge is 0.0795 e. The second-order valence-electron chi connectivity index (χ2n) is 8.33. The summed E-state index contributed by atoms with van der Waals surface area (Å²) in [5.41, 5.74) is 28.9. The standard InChI is InChI=1S/C32H28Br4S2/c1-3-5-7-9-11-13-15-17-19-21-23-25-27(33)29(37-31(25)35)30-28(34)26(32(36)38-30)24-22-20-18-16-14-12-10-8-6-4-2/h23H,1,4,6,8,10,12,14,16,18,20,22,24H2,2H3. The van der Waals surface area contributed by atoms with Crippen molar-refractivity contribution in [3.8, 4) is 9.75 Å². The first-order valence-electron chi connectivity index (χ1n) is 12.6. The Hall–Kier alpha value is -1.14. The van der Waals surface area contributed by atoms with Gasteiger partial charge in [-0.1, -0.05) is 76.2 Å². The molecule has 6 heteroatoms. The van der Waals surface area contributed by atoms with Crippen molar-refractivity contribution in [3.05, 3.63) is 91.5 Å². The maximum absolute atomic E-state index is 3.90. The van der Waals surface area contributed by atoms with E-state index in [0.717, 1.165) is 20.2 Å². The number of thiophene rings is 2. The van der Waals surface area contributed by atoms with Crippen LogP contribution in [0.15, 0.2) is 80.4 Å². The lowest BCUT2D eigenvalue weighted by molar-refractivity contribution is 0.556. The summed E-state index contributed by atoms with van der Waals surface area (Å²) in [7, 11) is 0. The predicted octanol–water partition coefficient (Wildman–Crippen LogP) is 13.2. The van der Waals surface area contributed by atoms with Crippen LogP contribution in [-0.4, -0.2) is 0 Å². The maximum Gasteiger partial charge on any atom is 0.0795 e. The van der Waals surface area contributed by atoms with E-state index in [-0.39, 0.29) is 0 Å². The molecule has 0 fully saturated rings. The topological polar surface area (TPSA) is 0 Å². The van der Waals surface area contributed by atoms with Gasteiger partial charge in [-0.2, -0.15) is 0 Å². The summed E-state index contributed by atoms with van der Waals surface area (Å²) in [5.74, 6) is 0. The monoisotopic (exact) mass is 792 g/mol. The summed E-state index contributed by atoms with van der Waals surface area (Å²) < 4.78 is 4.44. The van der Waals surface area contributed by atoms with Gasteiger partial charge in [-0.15, -0.1) is 22.7 Å². The first-order chi connectivity index (χ1) is 18.5. The van der Waals surface area contributed by atoms with Gasteiger partial charge in [0.25, 0.3) is 0 Å². The van der Waals surface area contributed by atoms with Crippen LogP contribution in [0.25, 0.3) is 15.8 Å². The van der Waals surface area contributed by atoms with Gasteiger partial charge in [0.15, 0.2) is 0 Å². The lowest BCUT2D eigenvalue weighted by atomic mass is 10.0. The van der Waals surface area contributed by atoms with E-state index in [9.17, 15) is 0 Å². The van der Waals surface area contributed by atoms with E-state index < -0.39 is 0 Å². The number of rotatable bonds is 13. The molecule has 2 heterocycles. The Morgan fingerprint density at radius 3 is 1.74 bits per heavy atom. The van der Waals surface area contributed by atoms with Gasteiger partial charge in [0.1, 0.15) is 0 Å².